The first-order valence-corrected chi connectivity index (χ1v) is 4.73. The lowest BCUT2D eigenvalue weighted by atomic mass is 10.3. The molecule has 0 bridgehead atoms. The number of hydrogen-bond acceptors (Lipinski definition) is 2. The topological polar surface area (TPSA) is 12.0 Å². The molecule has 1 rings (SSSR count). The van der Waals surface area contributed by atoms with Crippen molar-refractivity contribution in [1.82, 2.24) is 5.32 Å². The monoisotopic (exact) mass is 167 g/mol. The van der Waals surface area contributed by atoms with Gasteiger partial charge in [-0.15, -0.1) is 11.8 Å². The van der Waals surface area contributed by atoms with E-state index in [-0.39, 0.29) is 0 Å². The molecule has 0 aromatic carbocycles. The van der Waals surface area contributed by atoms with Gasteiger partial charge in [0, 0.05) is 22.9 Å². The Bertz CT molecular complexity index is 204. The fourth-order valence-corrected chi connectivity index (χ4v) is 1.83. The summed E-state index contributed by atoms with van der Waals surface area (Å²) >= 11 is 1.86. The fraction of sp³-hybridized carbons (Fsp3) is 0.333. The summed E-state index contributed by atoms with van der Waals surface area (Å²) in [4.78, 5) is 1.26. The fourth-order valence-electron chi connectivity index (χ4n) is 0.988. The highest BCUT2D eigenvalue weighted by atomic mass is 32.2. The second-order valence-electron chi connectivity index (χ2n) is 2.26. The number of hydrogen-bond donors (Lipinski definition) is 1. The van der Waals surface area contributed by atoms with Crippen LogP contribution in [0.25, 0.3) is 0 Å². The van der Waals surface area contributed by atoms with Crippen LogP contribution in [0, 0.1) is 0 Å². The van der Waals surface area contributed by atoms with Crippen molar-refractivity contribution in [3.63, 3.8) is 0 Å². The maximum Gasteiger partial charge on any atom is 0.0475 e. The van der Waals surface area contributed by atoms with Gasteiger partial charge in [0.2, 0.25) is 0 Å². The minimum atomic E-state index is 1.06. The number of allylic oxidation sites excluding steroid dienone is 3. The summed E-state index contributed by atoms with van der Waals surface area (Å²) in [7, 11) is 0. The average Bonchev–Trinajstić information content (AvgIpc) is 2.06. The Morgan fingerprint density at radius 1 is 1.64 bits per heavy atom. The van der Waals surface area contributed by atoms with Crippen LogP contribution in [0.5, 0.6) is 0 Å². The van der Waals surface area contributed by atoms with E-state index in [1.807, 2.05) is 30.8 Å². The van der Waals surface area contributed by atoms with Crippen LogP contribution >= 0.6 is 11.8 Å². The van der Waals surface area contributed by atoms with Gasteiger partial charge in [0.15, 0.2) is 0 Å². The van der Waals surface area contributed by atoms with E-state index in [0.717, 1.165) is 12.3 Å². The molecule has 2 heteroatoms. The van der Waals surface area contributed by atoms with Crippen molar-refractivity contribution in [1.29, 1.82) is 0 Å². The third-order valence-corrected chi connectivity index (χ3v) is 2.57. The van der Waals surface area contributed by atoms with Gasteiger partial charge in [-0.05, 0) is 13.0 Å². The molecule has 0 atom stereocenters. The Morgan fingerprint density at radius 2 is 2.45 bits per heavy atom. The van der Waals surface area contributed by atoms with E-state index >= 15 is 0 Å². The molecule has 60 valence electrons. The molecule has 0 aromatic rings. The zero-order valence-electron chi connectivity index (χ0n) is 6.76. The lowest BCUT2D eigenvalue weighted by Gasteiger charge is -2.16. The van der Waals surface area contributed by atoms with Gasteiger partial charge in [-0.3, -0.25) is 0 Å². The molecule has 0 spiro atoms. The molecule has 11 heavy (non-hydrogen) atoms. The van der Waals surface area contributed by atoms with Crippen LogP contribution in [-0.4, -0.2) is 12.3 Å². The standard InChI is InChI=1S/C9H13NS/c1-3-5-8-9(4-2)11-7-6-10-8/h3-5,10H,2,6-7H2,1H3/b5-3-. The average molecular weight is 167 g/mol. The first-order chi connectivity index (χ1) is 5.38. The molecule has 1 N–H and O–H groups in total. The van der Waals surface area contributed by atoms with Gasteiger partial charge in [0.05, 0.1) is 0 Å². The highest BCUT2D eigenvalue weighted by molar-refractivity contribution is 8.03. The van der Waals surface area contributed by atoms with Crippen molar-refractivity contribution >= 4 is 11.8 Å². The summed E-state index contributed by atoms with van der Waals surface area (Å²) in [5, 5.41) is 3.32. The number of rotatable bonds is 2. The predicted octanol–water partition coefficient (Wildman–Crippen LogP) is 2.30. The Morgan fingerprint density at radius 3 is 3.09 bits per heavy atom. The largest absolute Gasteiger partial charge is 0.383 e. The Kier molecular flexibility index (Phi) is 3.30. The normalized spacial score (nSPS) is 18.6. The van der Waals surface area contributed by atoms with Crippen molar-refractivity contribution in [3.8, 4) is 0 Å². The first kappa shape index (κ1) is 8.47. The van der Waals surface area contributed by atoms with Crippen LogP contribution in [0.1, 0.15) is 6.92 Å². The van der Waals surface area contributed by atoms with Crippen LogP contribution in [0.4, 0.5) is 0 Å². The molecule has 0 aromatic heterocycles. The van der Waals surface area contributed by atoms with Gasteiger partial charge in [-0.2, -0.15) is 0 Å². The third-order valence-electron chi connectivity index (χ3n) is 1.46. The van der Waals surface area contributed by atoms with Gasteiger partial charge < -0.3 is 5.32 Å². The van der Waals surface area contributed by atoms with E-state index in [1.54, 1.807) is 0 Å². The van der Waals surface area contributed by atoms with Gasteiger partial charge >= 0.3 is 0 Å². The van der Waals surface area contributed by atoms with Crippen molar-refractivity contribution in [2.45, 2.75) is 6.92 Å². The quantitative estimate of drug-likeness (QED) is 0.677. The van der Waals surface area contributed by atoms with Crippen molar-refractivity contribution < 1.29 is 0 Å². The van der Waals surface area contributed by atoms with Crippen LogP contribution in [-0.2, 0) is 0 Å². The lowest BCUT2D eigenvalue weighted by Crippen LogP contribution is -2.20. The van der Waals surface area contributed by atoms with E-state index in [2.05, 4.69) is 18.0 Å². The van der Waals surface area contributed by atoms with Crippen molar-refractivity contribution in [3.05, 3.63) is 35.4 Å². The summed E-state index contributed by atoms with van der Waals surface area (Å²) in [6.07, 6.45) is 6.03. The molecular weight excluding hydrogens is 154 g/mol. The highest BCUT2D eigenvalue weighted by Crippen LogP contribution is 2.23. The second kappa shape index (κ2) is 4.29. The minimum absolute atomic E-state index is 1.06. The number of nitrogens with one attached hydrogen (secondary N) is 1. The van der Waals surface area contributed by atoms with E-state index in [1.165, 1.54) is 10.6 Å². The second-order valence-corrected chi connectivity index (χ2v) is 3.39. The SMILES string of the molecule is C=CC1=C(/C=C\C)NCCS1. The van der Waals surface area contributed by atoms with Crippen LogP contribution in [0.3, 0.4) is 0 Å². The molecule has 0 amide bonds. The van der Waals surface area contributed by atoms with Crippen molar-refractivity contribution in [2.24, 2.45) is 0 Å². The maximum atomic E-state index is 3.76. The van der Waals surface area contributed by atoms with Crippen LogP contribution in [0.2, 0.25) is 0 Å². The van der Waals surface area contributed by atoms with Gasteiger partial charge in [0.25, 0.3) is 0 Å². The highest BCUT2D eigenvalue weighted by Gasteiger charge is 2.05. The van der Waals surface area contributed by atoms with Crippen LogP contribution in [0.15, 0.2) is 35.4 Å². The third kappa shape index (κ3) is 2.15. The summed E-state index contributed by atoms with van der Waals surface area (Å²) in [6.45, 7) is 6.84. The smallest absolute Gasteiger partial charge is 0.0475 e. The minimum Gasteiger partial charge on any atom is -0.383 e. The number of thioether (sulfide) groups is 1. The van der Waals surface area contributed by atoms with Gasteiger partial charge in [-0.1, -0.05) is 18.7 Å². The molecule has 0 radical (unpaired) electrons. The molecule has 0 aliphatic carbocycles. The van der Waals surface area contributed by atoms with E-state index in [0.29, 0.717) is 0 Å². The van der Waals surface area contributed by atoms with Crippen LogP contribution < -0.4 is 5.32 Å². The molecule has 1 heterocycles. The summed E-state index contributed by atoms with van der Waals surface area (Å²) in [5.74, 6) is 1.14. The van der Waals surface area contributed by atoms with E-state index < -0.39 is 0 Å². The lowest BCUT2D eigenvalue weighted by molar-refractivity contribution is 0.875. The predicted molar refractivity (Wildman–Crippen MR) is 52.5 cm³/mol. The first-order valence-electron chi connectivity index (χ1n) is 3.74. The van der Waals surface area contributed by atoms with E-state index in [4.69, 9.17) is 0 Å². The zero-order valence-corrected chi connectivity index (χ0v) is 7.58. The molecule has 0 saturated heterocycles. The molecule has 0 fully saturated rings. The zero-order chi connectivity index (χ0) is 8.10. The molecule has 1 aliphatic heterocycles. The summed E-state index contributed by atoms with van der Waals surface area (Å²) in [5.41, 5.74) is 1.21. The molecule has 1 nitrogen and oxygen atoms in total. The summed E-state index contributed by atoms with van der Waals surface area (Å²) < 4.78 is 0. The summed E-state index contributed by atoms with van der Waals surface area (Å²) in [6, 6.07) is 0. The Balaban J connectivity index is 2.81. The van der Waals surface area contributed by atoms with Gasteiger partial charge in [-0.25, -0.2) is 0 Å². The molecular formula is C9H13NS. The van der Waals surface area contributed by atoms with Gasteiger partial charge in [0.1, 0.15) is 0 Å². The Labute approximate surface area is 72.3 Å². The van der Waals surface area contributed by atoms with E-state index in [9.17, 15) is 0 Å². The van der Waals surface area contributed by atoms with Crippen molar-refractivity contribution in [2.75, 3.05) is 12.3 Å². The molecule has 0 saturated carbocycles. The Hall–Kier alpha value is -0.630. The molecule has 0 unspecified atom stereocenters. The maximum absolute atomic E-state index is 3.76. The molecule has 1 aliphatic rings.